The Balaban J connectivity index is 1.99. The number of hydrogen-bond donors (Lipinski definition) is 0. The molecule has 0 bridgehead atoms. The van der Waals surface area contributed by atoms with Crippen LogP contribution in [0.4, 0.5) is 5.69 Å². The van der Waals surface area contributed by atoms with Crippen molar-refractivity contribution < 1.29 is 22.8 Å². The lowest BCUT2D eigenvalue weighted by Crippen LogP contribution is -2.32. The predicted molar refractivity (Wildman–Crippen MR) is 106 cm³/mol. The van der Waals surface area contributed by atoms with E-state index < -0.39 is 14.9 Å². The monoisotopic (exact) mass is 470 g/mol. The molecular formula is C18H19BrN2O6S. The van der Waals surface area contributed by atoms with Gasteiger partial charge in [0, 0.05) is 24.2 Å². The predicted octanol–water partition coefficient (Wildman–Crippen LogP) is 3.73. The minimum absolute atomic E-state index is 0.00117. The number of methoxy groups -OCH3 is 2. The molecule has 0 unspecified atom stereocenters. The third-order valence-corrected chi connectivity index (χ3v) is 7.02. The van der Waals surface area contributed by atoms with E-state index in [2.05, 4.69) is 15.9 Å². The summed E-state index contributed by atoms with van der Waals surface area (Å²) in [6.07, 6.45) is 1.53. The number of benzene rings is 2. The Morgan fingerprint density at radius 1 is 1.18 bits per heavy atom. The summed E-state index contributed by atoms with van der Waals surface area (Å²) in [7, 11) is -0.802. The van der Waals surface area contributed by atoms with Crippen molar-refractivity contribution in [3.8, 4) is 11.5 Å². The Hall–Kier alpha value is -2.17. The van der Waals surface area contributed by atoms with Crippen LogP contribution in [-0.4, -0.2) is 37.9 Å². The molecule has 28 heavy (non-hydrogen) atoms. The number of sulfonamides is 1. The van der Waals surface area contributed by atoms with Crippen LogP contribution in [0.2, 0.25) is 0 Å². The molecule has 0 heterocycles. The number of nitro groups is 1. The van der Waals surface area contributed by atoms with E-state index in [9.17, 15) is 18.5 Å². The van der Waals surface area contributed by atoms with Gasteiger partial charge in [-0.05, 0) is 59.1 Å². The van der Waals surface area contributed by atoms with Crippen molar-refractivity contribution >= 4 is 31.6 Å². The van der Waals surface area contributed by atoms with Crippen LogP contribution in [0.1, 0.15) is 18.4 Å². The minimum Gasteiger partial charge on any atom is -0.497 e. The van der Waals surface area contributed by atoms with E-state index >= 15 is 0 Å². The summed E-state index contributed by atoms with van der Waals surface area (Å²) in [5.41, 5.74) is 0.490. The van der Waals surface area contributed by atoms with Crippen LogP contribution in [0, 0.1) is 10.1 Å². The molecule has 1 saturated carbocycles. The fourth-order valence-electron chi connectivity index (χ4n) is 2.88. The highest BCUT2D eigenvalue weighted by molar-refractivity contribution is 9.10. The first-order valence-corrected chi connectivity index (χ1v) is 10.7. The Morgan fingerprint density at radius 2 is 1.89 bits per heavy atom. The Labute approximate surface area is 171 Å². The first kappa shape index (κ1) is 20.6. The van der Waals surface area contributed by atoms with E-state index in [4.69, 9.17) is 9.47 Å². The maximum atomic E-state index is 13.3. The molecule has 2 aromatic carbocycles. The van der Waals surface area contributed by atoms with Crippen LogP contribution in [0.25, 0.3) is 0 Å². The number of nitro benzene ring substituents is 1. The normalized spacial score (nSPS) is 14.1. The molecule has 1 fully saturated rings. The standard InChI is InChI=1S/C18H19BrN2O6S/c1-26-14-5-8-18(27-2)12(9-14)11-20(13-3-4-13)28(24,25)15-6-7-17(21(22)23)16(19)10-15/h5-10,13H,3-4,11H2,1-2H3. The molecule has 1 aliphatic carbocycles. The number of ether oxygens (including phenoxy) is 2. The highest BCUT2D eigenvalue weighted by Gasteiger charge is 2.39. The lowest BCUT2D eigenvalue weighted by Gasteiger charge is -2.23. The Kier molecular flexibility index (Phi) is 5.92. The van der Waals surface area contributed by atoms with Gasteiger partial charge in [-0.3, -0.25) is 10.1 Å². The summed E-state index contributed by atoms with van der Waals surface area (Å²) in [6.45, 7) is 0.113. The Morgan fingerprint density at radius 3 is 2.43 bits per heavy atom. The highest BCUT2D eigenvalue weighted by atomic mass is 79.9. The first-order chi connectivity index (χ1) is 13.3. The van der Waals surface area contributed by atoms with Crippen LogP contribution >= 0.6 is 15.9 Å². The van der Waals surface area contributed by atoms with E-state index in [0.717, 1.165) is 12.8 Å². The number of halogens is 1. The van der Waals surface area contributed by atoms with Crippen molar-refractivity contribution in [2.45, 2.75) is 30.3 Å². The molecule has 0 atom stereocenters. The van der Waals surface area contributed by atoms with E-state index in [1.165, 1.54) is 36.7 Å². The third-order valence-electron chi connectivity index (χ3n) is 4.49. The van der Waals surface area contributed by atoms with Gasteiger partial charge in [0.2, 0.25) is 10.0 Å². The van der Waals surface area contributed by atoms with E-state index in [0.29, 0.717) is 17.1 Å². The maximum absolute atomic E-state index is 13.3. The molecule has 8 nitrogen and oxygen atoms in total. The average molecular weight is 471 g/mol. The quantitative estimate of drug-likeness (QED) is 0.430. The molecule has 150 valence electrons. The molecule has 0 amide bonds. The molecule has 3 rings (SSSR count). The van der Waals surface area contributed by atoms with Gasteiger partial charge in [-0.1, -0.05) is 0 Å². The molecule has 2 aromatic rings. The molecular weight excluding hydrogens is 452 g/mol. The largest absolute Gasteiger partial charge is 0.497 e. The number of hydrogen-bond acceptors (Lipinski definition) is 6. The van der Waals surface area contributed by atoms with Crippen molar-refractivity contribution in [3.63, 3.8) is 0 Å². The number of nitrogens with zero attached hydrogens (tertiary/aromatic N) is 2. The fraction of sp³-hybridized carbons (Fsp3) is 0.333. The highest BCUT2D eigenvalue weighted by Crippen LogP contribution is 2.37. The van der Waals surface area contributed by atoms with Crippen molar-refractivity contribution in [1.29, 1.82) is 0 Å². The summed E-state index contributed by atoms with van der Waals surface area (Å²) >= 11 is 3.09. The Bertz CT molecular complexity index is 1010. The maximum Gasteiger partial charge on any atom is 0.283 e. The summed E-state index contributed by atoms with van der Waals surface area (Å²) in [5.74, 6) is 1.16. The second kappa shape index (κ2) is 8.06. The topological polar surface area (TPSA) is 99.0 Å². The molecule has 1 aliphatic rings. The first-order valence-electron chi connectivity index (χ1n) is 8.44. The number of rotatable bonds is 8. The van der Waals surface area contributed by atoms with Gasteiger partial charge in [-0.25, -0.2) is 8.42 Å². The molecule has 10 heteroatoms. The van der Waals surface area contributed by atoms with Crippen molar-refractivity contribution in [2.75, 3.05) is 14.2 Å². The van der Waals surface area contributed by atoms with Crippen molar-refractivity contribution in [1.82, 2.24) is 4.31 Å². The second-order valence-electron chi connectivity index (χ2n) is 6.33. The smallest absolute Gasteiger partial charge is 0.283 e. The molecule has 0 spiro atoms. The molecule has 0 saturated heterocycles. The van der Waals surface area contributed by atoms with E-state index in [1.54, 1.807) is 18.2 Å². The SMILES string of the molecule is COc1ccc(OC)c(CN(C2CC2)S(=O)(=O)c2ccc([N+](=O)[O-])c(Br)c2)c1. The fourth-order valence-corrected chi connectivity index (χ4v) is 5.24. The average Bonchev–Trinajstić information content (AvgIpc) is 3.50. The summed E-state index contributed by atoms with van der Waals surface area (Å²) < 4.78 is 38.7. The zero-order valence-corrected chi connectivity index (χ0v) is 17.7. The van der Waals surface area contributed by atoms with Crippen LogP contribution in [0.5, 0.6) is 11.5 Å². The van der Waals surface area contributed by atoms with Gasteiger partial charge in [0.1, 0.15) is 11.5 Å². The molecule has 0 aromatic heterocycles. The van der Waals surface area contributed by atoms with Crippen LogP contribution in [0.3, 0.4) is 0 Å². The summed E-state index contributed by atoms with van der Waals surface area (Å²) in [6, 6.07) is 8.82. The van der Waals surface area contributed by atoms with Gasteiger partial charge in [0.25, 0.3) is 5.69 Å². The zero-order valence-electron chi connectivity index (χ0n) is 15.3. The van der Waals surface area contributed by atoms with E-state index in [1.807, 2.05) is 0 Å². The van der Waals surface area contributed by atoms with Crippen molar-refractivity contribution in [2.24, 2.45) is 0 Å². The molecule has 0 N–H and O–H groups in total. The van der Waals surface area contributed by atoms with Gasteiger partial charge in [0.05, 0.1) is 28.5 Å². The lowest BCUT2D eigenvalue weighted by atomic mass is 10.2. The van der Waals surface area contributed by atoms with Gasteiger partial charge >= 0.3 is 0 Å². The third kappa shape index (κ3) is 4.13. The molecule has 0 aliphatic heterocycles. The van der Waals surface area contributed by atoms with Crippen LogP contribution < -0.4 is 9.47 Å². The zero-order chi connectivity index (χ0) is 20.5. The van der Waals surface area contributed by atoms with Gasteiger partial charge in [0.15, 0.2) is 0 Å². The summed E-state index contributed by atoms with van der Waals surface area (Å²) in [4.78, 5) is 10.4. The van der Waals surface area contributed by atoms with Crippen molar-refractivity contribution in [3.05, 3.63) is 56.5 Å². The lowest BCUT2D eigenvalue weighted by molar-refractivity contribution is -0.385. The molecule has 0 radical (unpaired) electrons. The summed E-state index contributed by atoms with van der Waals surface area (Å²) in [5, 5.41) is 11.0. The van der Waals surface area contributed by atoms with Gasteiger partial charge < -0.3 is 9.47 Å². The van der Waals surface area contributed by atoms with Crippen LogP contribution in [0.15, 0.2) is 45.8 Å². The minimum atomic E-state index is -3.86. The second-order valence-corrected chi connectivity index (χ2v) is 9.07. The van der Waals surface area contributed by atoms with Crippen LogP contribution in [-0.2, 0) is 16.6 Å². The van der Waals surface area contributed by atoms with Gasteiger partial charge in [-0.15, -0.1) is 0 Å². The van der Waals surface area contributed by atoms with Gasteiger partial charge in [-0.2, -0.15) is 4.31 Å². The van der Waals surface area contributed by atoms with E-state index in [-0.39, 0.29) is 27.6 Å².